The number of rotatable bonds is 4. The fourth-order valence-corrected chi connectivity index (χ4v) is 4.13. The van der Waals surface area contributed by atoms with E-state index in [1.165, 1.54) is 0 Å². The zero-order valence-electron chi connectivity index (χ0n) is 15.0. The van der Waals surface area contributed by atoms with Crippen LogP contribution in [-0.4, -0.2) is 13.0 Å². The Kier molecular flexibility index (Phi) is 4.82. The summed E-state index contributed by atoms with van der Waals surface area (Å²) >= 11 is 0. The Morgan fingerprint density at radius 1 is 0.536 bits per heavy atom. The number of hydrogen-bond acceptors (Lipinski definition) is 2. The molecule has 0 aromatic heterocycles. The lowest BCUT2D eigenvalue weighted by atomic mass is 9.91. The first kappa shape index (κ1) is 18.2. The summed E-state index contributed by atoms with van der Waals surface area (Å²) in [6.45, 7) is 0. The van der Waals surface area contributed by atoms with Gasteiger partial charge in [-0.05, 0) is 39.9 Å². The summed E-state index contributed by atoms with van der Waals surface area (Å²) in [6, 6.07) is 31.9. The van der Waals surface area contributed by atoms with Crippen LogP contribution in [0.2, 0.25) is 0 Å². The second kappa shape index (κ2) is 7.43. The number of hydrogen-bond donors (Lipinski definition) is 1. The van der Waals surface area contributed by atoms with Gasteiger partial charge in [-0.3, -0.25) is 4.55 Å². The Hall–Kier alpha value is -3.21. The molecule has 0 fully saturated rings. The molecule has 138 valence electrons. The molecular formula is C24H18O3S. The molecule has 0 aliphatic carbocycles. The topological polar surface area (TPSA) is 54.4 Å². The molecule has 4 heteroatoms. The van der Waals surface area contributed by atoms with E-state index >= 15 is 0 Å². The molecule has 0 aliphatic rings. The van der Waals surface area contributed by atoms with Crippen LogP contribution < -0.4 is 0 Å². The van der Waals surface area contributed by atoms with E-state index in [0.717, 1.165) is 27.8 Å². The van der Waals surface area contributed by atoms with Gasteiger partial charge in [0.2, 0.25) is 0 Å². The molecule has 4 aromatic carbocycles. The zero-order valence-corrected chi connectivity index (χ0v) is 15.8. The molecule has 1 N–H and O–H groups in total. The Labute approximate surface area is 164 Å². The molecule has 4 rings (SSSR count). The lowest BCUT2D eigenvalue weighted by Gasteiger charge is -2.17. The van der Waals surface area contributed by atoms with Gasteiger partial charge < -0.3 is 0 Å². The predicted octanol–water partition coefficient (Wildman–Crippen LogP) is 5.93. The van der Waals surface area contributed by atoms with Crippen LogP contribution in [0.5, 0.6) is 0 Å². The van der Waals surface area contributed by atoms with Crippen molar-refractivity contribution < 1.29 is 13.0 Å². The predicted molar refractivity (Wildman–Crippen MR) is 113 cm³/mol. The molecule has 0 heterocycles. The van der Waals surface area contributed by atoms with Crippen LogP contribution >= 0.6 is 0 Å². The van der Waals surface area contributed by atoms with Crippen LogP contribution in [0.15, 0.2) is 108 Å². The first-order valence-electron chi connectivity index (χ1n) is 8.86. The smallest absolute Gasteiger partial charge is 0.282 e. The minimum absolute atomic E-state index is 0.0982. The zero-order chi connectivity index (χ0) is 19.6. The van der Waals surface area contributed by atoms with Crippen LogP contribution in [0, 0.1) is 0 Å². The summed E-state index contributed by atoms with van der Waals surface area (Å²) in [5.41, 5.74) is 4.46. The third-order valence-corrected chi connectivity index (χ3v) is 5.51. The van der Waals surface area contributed by atoms with Gasteiger partial charge in [0.1, 0.15) is 4.90 Å². The third kappa shape index (κ3) is 3.60. The highest BCUT2D eigenvalue weighted by Gasteiger charge is 2.22. The van der Waals surface area contributed by atoms with Gasteiger partial charge in [0.05, 0.1) is 0 Å². The summed E-state index contributed by atoms with van der Waals surface area (Å²) in [5.74, 6) is 0. The molecule has 0 bridgehead atoms. The maximum Gasteiger partial charge on any atom is 0.295 e. The highest BCUT2D eigenvalue weighted by atomic mass is 32.2. The van der Waals surface area contributed by atoms with Gasteiger partial charge in [0.15, 0.2) is 0 Å². The lowest BCUT2D eigenvalue weighted by Crippen LogP contribution is -2.03. The molecule has 4 aromatic rings. The van der Waals surface area contributed by atoms with Gasteiger partial charge in [0.25, 0.3) is 10.1 Å². The molecule has 0 radical (unpaired) electrons. The Balaban J connectivity index is 2.12. The fourth-order valence-electron chi connectivity index (χ4n) is 3.36. The van der Waals surface area contributed by atoms with Crippen LogP contribution in [0.1, 0.15) is 0 Å². The van der Waals surface area contributed by atoms with Crippen molar-refractivity contribution in [2.75, 3.05) is 0 Å². The van der Waals surface area contributed by atoms with E-state index in [1.54, 1.807) is 6.07 Å². The maximum absolute atomic E-state index is 12.3. The van der Waals surface area contributed by atoms with Crippen molar-refractivity contribution in [2.45, 2.75) is 4.90 Å². The molecule has 3 nitrogen and oxygen atoms in total. The molecule has 0 aliphatic heterocycles. The average molecular weight is 386 g/mol. The van der Waals surface area contributed by atoms with Crippen molar-refractivity contribution in [3.63, 3.8) is 0 Å². The van der Waals surface area contributed by atoms with E-state index in [2.05, 4.69) is 0 Å². The van der Waals surface area contributed by atoms with E-state index in [-0.39, 0.29) is 4.90 Å². The lowest BCUT2D eigenvalue weighted by molar-refractivity contribution is 0.483. The second-order valence-electron chi connectivity index (χ2n) is 6.47. The van der Waals surface area contributed by atoms with Crippen molar-refractivity contribution in [1.29, 1.82) is 0 Å². The molecule has 0 saturated heterocycles. The molecule has 28 heavy (non-hydrogen) atoms. The summed E-state index contributed by atoms with van der Waals surface area (Å²) < 4.78 is 34.7. The van der Waals surface area contributed by atoms with Crippen LogP contribution in [-0.2, 0) is 10.1 Å². The van der Waals surface area contributed by atoms with Gasteiger partial charge in [-0.15, -0.1) is 0 Å². The van der Waals surface area contributed by atoms with Gasteiger partial charge in [-0.25, -0.2) is 0 Å². The van der Waals surface area contributed by atoms with Crippen LogP contribution in [0.3, 0.4) is 0 Å². The first-order valence-corrected chi connectivity index (χ1v) is 10.3. The fraction of sp³-hybridized carbons (Fsp3) is 0. The van der Waals surface area contributed by atoms with Gasteiger partial charge in [-0.1, -0.05) is 91.0 Å². The molecule has 0 spiro atoms. The monoisotopic (exact) mass is 386 g/mol. The van der Waals surface area contributed by atoms with Crippen molar-refractivity contribution in [1.82, 2.24) is 0 Å². The Morgan fingerprint density at radius 3 is 1.50 bits per heavy atom. The van der Waals surface area contributed by atoms with Gasteiger partial charge >= 0.3 is 0 Å². The van der Waals surface area contributed by atoms with Crippen molar-refractivity contribution in [3.8, 4) is 33.4 Å². The summed E-state index contributed by atoms with van der Waals surface area (Å²) in [4.78, 5) is -0.0982. The van der Waals surface area contributed by atoms with E-state index in [1.807, 2.05) is 97.1 Å². The molecule has 0 saturated carbocycles. The SMILES string of the molecule is O=S(=O)(O)c1cc(-c2ccccc2)cc(-c2ccccc2)c1-c1ccccc1. The third-order valence-electron chi connectivity index (χ3n) is 4.63. The highest BCUT2D eigenvalue weighted by molar-refractivity contribution is 7.86. The summed E-state index contributed by atoms with van der Waals surface area (Å²) in [7, 11) is -4.44. The highest BCUT2D eigenvalue weighted by Crippen LogP contribution is 2.40. The quantitative estimate of drug-likeness (QED) is 0.442. The Bertz CT molecular complexity index is 1200. The first-order chi connectivity index (χ1) is 13.5. The van der Waals surface area contributed by atoms with Gasteiger partial charge in [0, 0.05) is 5.56 Å². The van der Waals surface area contributed by atoms with Crippen LogP contribution in [0.4, 0.5) is 0 Å². The molecular weight excluding hydrogens is 368 g/mol. The maximum atomic E-state index is 12.3. The minimum atomic E-state index is -4.44. The second-order valence-corrected chi connectivity index (χ2v) is 7.86. The summed E-state index contributed by atoms with van der Waals surface area (Å²) in [5, 5.41) is 0. The van der Waals surface area contributed by atoms with E-state index in [4.69, 9.17) is 0 Å². The molecule has 0 amide bonds. The average Bonchev–Trinajstić information content (AvgIpc) is 2.74. The van der Waals surface area contributed by atoms with Crippen molar-refractivity contribution >= 4 is 10.1 Å². The van der Waals surface area contributed by atoms with Crippen molar-refractivity contribution in [3.05, 3.63) is 103 Å². The van der Waals surface area contributed by atoms with E-state index < -0.39 is 10.1 Å². The van der Waals surface area contributed by atoms with E-state index in [0.29, 0.717) is 5.56 Å². The molecule has 0 unspecified atom stereocenters. The Morgan fingerprint density at radius 2 is 1.00 bits per heavy atom. The normalized spacial score (nSPS) is 11.3. The van der Waals surface area contributed by atoms with Crippen molar-refractivity contribution in [2.24, 2.45) is 0 Å². The molecule has 0 atom stereocenters. The van der Waals surface area contributed by atoms with Crippen LogP contribution in [0.25, 0.3) is 33.4 Å². The number of benzene rings is 4. The standard InChI is InChI=1S/C24H18O3S/c25-28(26,27)23-17-21(18-10-4-1-5-11-18)16-22(19-12-6-2-7-13-19)24(23)20-14-8-3-9-15-20/h1-17H,(H,25,26,27). The minimum Gasteiger partial charge on any atom is -0.282 e. The summed E-state index contributed by atoms with van der Waals surface area (Å²) in [6.07, 6.45) is 0. The van der Waals surface area contributed by atoms with Gasteiger partial charge in [-0.2, -0.15) is 8.42 Å². The van der Waals surface area contributed by atoms with E-state index in [9.17, 15) is 13.0 Å². The largest absolute Gasteiger partial charge is 0.295 e.